The highest BCUT2D eigenvalue weighted by atomic mass is 19.1. The molecule has 2 aromatic rings. The number of methoxy groups -OCH3 is 1. The predicted octanol–water partition coefficient (Wildman–Crippen LogP) is 4.77. The van der Waals surface area contributed by atoms with Crippen molar-refractivity contribution in [2.75, 3.05) is 33.3 Å². The average molecular weight is 543 g/mol. The number of amidine groups is 1. The number of hydrogen-bond donors (Lipinski definition) is 1. The molecule has 0 aliphatic carbocycles. The van der Waals surface area contributed by atoms with Crippen LogP contribution in [0.2, 0.25) is 0 Å². The summed E-state index contributed by atoms with van der Waals surface area (Å²) in [6, 6.07) is 7.16. The second-order valence-corrected chi connectivity index (χ2v) is 8.89. The number of ether oxygens (including phenoxy) is 1. The van der Waals surface area contributed by atoms with E-state index in [4.69, 9.17) is 4.74 Å². The molecule has 39 heavy (non-hydrogen) atoms. The fraction of sp³-hybridized carbons (Fsp3) is 0.407. The monoisotopic (exact) mass is 542 g/mol. The molecule has 0 saturated heterocycles. The van der Waals surface area contributed by atoms with E-state index in [9.17, 15) is 23.7 Å². The van der Waals surface area contributed by atoms with Crippen molar-refractivity contribution < 1.29 is 23.2 Å². The highest BCUT2D eigenvalue weighted by Gasteiger charge is 2.24. The summed E-state index contributed by atoms with van der Waals surface area (Å²) in [6.45, 7) is 6.79. The Hall–Kier alpha value is -4.06. The number of fused-ring (bicyclic) bond motifs is 1. The lowest BCUT2D eigenvalue weighted by Crippen LogP contribution is -2.29. The molecule has 3 rings (SSSR count). The number of benzene rings is 2. The second-order valence-electron chi connectivity index (χ2n) is 8.89. The van der Waals surface area contributed by atoms with Gasteiger partial charge in [0.15, 0.2) is 0 Å². The summed E-state index contributed by atoms with van der Waals surface area (Å²) in [7, 11) is 1.27. The van der Waals surface area contributed by atoms with Gasteiger partial charge in [0, 0.05) is 24.1 Å². The van der Waals surface area contributed by atoms with Crippen LogP contribution in [0, 0.1) is 21.7 Å². The first-order valence-corrected chi connectivity index (χ1v) is 12.8. The van der Waals surface area contributed by atoms with Gasteiger partial charge in [0.1, 0.15) is 23.2 Å². The maximum atomic E-state index is 14.7. The Kier molecular flexibility index (Phi) is 10.7. The standard InChI is InChI=1S/C27H32F2N6O4/c1-4-13-34(14-5-2)15-7-10-23(27(36)39-3)32-33-24-17-30-26(25-20(28)8-6-9-21(25)29)19-16-18(35(37)38)11-12-22(19)31-24/h6,8-9,11-12,16H,4-5,7,10,13-15,17H2,1-3H3,(H,31,33)/b32-23+. The quantitative estimate of drug-likeness (QED) is 0.178. The molecule has 1 N–H and O–H groups in total. The smallest absolute Gasteiger partial charge is 0.354 e. The second kappa shape index (κ2) is 14.2. The van der Waals surface area contributed by atoms with Gasteiger partial charge in [-0.05, 0) is 57.1 Å². The van der Waals surface area contributed by atoms with Crippen molar-refractivity contribution in [3.63, 3.8) is 0 Å². The molecule has 1 heterocycles. The number of esters is 1. The number of carbonyl (C=O) groups excluding carboxylic acids is 1. The fourth-order valence-corrected chi connectivity index (χ4v) is 4.23. The fourth-order valence-electron chi connectivity index (χ4n) is 4.23. The number of hydrazone groups is 1. The summed E-state index contributed by atoms with van der Waals surface area (Å²) in [5, 5.41) is 15.6. The van der Waals surface area contributed by atoms with Gasteiger partial charge in [-0.25, -0.2) is 18.6 Å². The van der Waals surface area contributed by atoms with Gasteiger partial charge in [0.05, 0.1) is 35.5 Å². The number of nitro groups is 1. The van der Waals surface area contributed by atoms with Gasteiger partial charge in [0.25, 0.3) is 5.69 Å². The highest BCUT2D eigenvalue weighted by Crippen LogP contribution is 2.30. The van der Waals surface area contributed by atoms with Crippen LogP contribution in [0.1, 0.15) is 50.7 Å². The molecule has 10 nitrogen and oxygen atoms in total. The van der Waals surface area contributed by atoms with Gasteiger partial charge in [-0.1, -0.05) is 19.9 Å². The van der Waals surface area contributed by atoms with Crippen LogP contribution in [0.3, 0.4) is 0 Å². The van der Waals surface area contributed by atoms with Gasteiger partial charge in [0.2, 0.25) is 0 Å². The molecule has 0 atom stereocenters. The minimum Gasteiger partial charge on any atom is -0.464 e. The molecular weight excluding hydrogens is 510 g/mol. The van der Waals surface area contributed by atoms with Crippen molar-refractivity contribution in [1.29, 1.82) is 0 Å². The number of nitro benzene ring substituents is 1. The molecule has 0 saturated carbocycles. The third kappa shape index (κ3) is 7.73. The Morgan fingerprint density at radius 3 is 2.46 bits per heavy atom. The largest absolute Gasteiger partial charge is 0.464 e. The van der Waals surface area contributed by atoms with Gasteiger partial charge in [-0.2, -0.15) is 5.10 Å². The van der Waals surface area contributed by atoms with E-state index in [0.29, 0.717) is 12.8 Å². The van der Waals surface area contributed by atoms with Gasteiger partial charge >= 0.3 is 5.97 Å². The summed E-state index contributed by atoms with van der Waals surface area (Å²) in [4.78, 5) is 34.3. The topological polar surface area (TPSA) is 122 Å². The zero-order chi connectivity index (χ0) is 28.4. The van der Waals surface area contributed by atoms with Crippen molar-refractivity contribution in [3.8, 4) is 0 Å². The van der Waals surface area contributed by atoms with Crippen molar-refractivity contribution in [2.45, 2.75) is 39.5 Å². The van der Waals surface area contributed by atoms with Crippen molar-refractivity contribution in [1.82, 2.24) is 10.3 Å². The van der Waals surface area contributed by atoms with Gasteiger partial charge in [-0.15, -0.1) is 0 Å². The van der Waals surface area contributed by atoms with E-state index < -0.39 is 28.1 Å². The van der Waals surface area contributed by atoms with E-state index >= 15 is 0 Å². The molecule has 208 valence electrons. The van der Waals surface area contributed by atoms with E-state index in [0.717, 1.165) is 44.6 Å². The molecule has 1 aliphatic rings. The van der Waals surface area contributed by atoms with E-state index in [2.05, 4.69) is 39.3 Å². The van der Waals surface area contributed by atoms with Crippen LogP contribution in [-0.4, -0.2) is 66.3 Å². The summed E-state index contributed by atoms with van der Waals surface area (Å²) in [5.41, 5.74) is 2.37. The molecule has 0 amide bonds. The number of rotatable bonds is 12. The third-order valence-corrected chi connectivity index (χ3v) is 6.00. The predicted molar refractivity (Wildman–Crippen MR) is 146 cm³/mol. The molecule has 0 fully saturated rings. The lowest BCUT2D eigenvalue weighted by molar-refractivity contribution is -0.384. The van der Waals surface area contributed by atoms with E-state index in [1.165, 1.54) is 31.4 Å². The maximum absolute atomic E-state index is 14.7. The van der Waals surface area contributed by atoms with Gasteiger partial charge in [-0.3, -0.25) is 20.5 Å². The Labute approximate surface area is 225 Å². The first-order chi connectivity index (χ1) is 18.8. The van der Waals surface area contributed by atoms with E-state index in [1.807, 2.05) is 0 Å². The van der Waals surface area contributed by atoms with Crippen LogP contribution in [-0.2, 0) is 9.53 Å². The molecule has 2 aromatic carbocycles. The van der Waals surface area contributed by atoms with Crippen LogP contribution in [0.4, 0.5) is 20.2 Å². The van der Waals surface area contributed by atoms with Crippen LogP contribution < -0.4 is 5.43 Å². The summed E-state index contributed by atoms with van der Waals surface area (Å²) in [6.07, 6.45) is 3.10. The number of halogens is 2. The molecule has 0 aromatic heterocycles. The van der Waals surface area contributed by atoms with Crippen LogP contribution in [0.5, 0.6) is 0 Å². The number of nitrogens with one attached hydrogen (secondary N) is 1. The number of nitrogens with zero attached hydrogens (tertiary/aromatic N) is 5. The Balaban J connectivity index is 1.91. The maximum Gasteiger partial charge on any atom is 0.354 e. The third-order valence-electron chi connectivity index (χ3n) is 6.00. The first-order valence-electron chi connectivity index (χ1n) is 12.8. The zero-order valence-electron chi connectivity index (χ0n) is 22.2. The Morgan fingerprint density at radius 1 is 1.15 bits per heavy atom. The summed E-state index contributed by atoms with van der Waals surface area (Å²) in [5.74, 6) is -2.15. The number of carbonyl (C=O) groups is 1. The Bertz CT molecular complexity index is 1270. The average Bonchev–Trinajstić information content (AvgIpc) is 3.09. The minimum absolute atomic E-state index is 0.0918. The Morgan fingerprint density at radius 2 is 1.85 bits per heavy atom. The minimum atomic E-state index is -0.867. The molecule has 0 unspecified atom stereocenters. The molecule has 12 heteroatoms. The number of hydrogen-bond acceptors (Lipinski definition) is 9. The number of non-ortho nitro benzene ring substituents is 1. The normalized spacial score (nSPS) is 13.3. The summed E-state index contributed by atoms with van der Waals surface area (Å²) >= 11 is 0. The molecular formula is C27H32F2N6O4. The van der Waals surface area contributed by atoms with Crippen molar-refractivity contribution in [3.05, 3.63) is 69.3 Å². The van der Waals surface area contributed by atoms with Crippen LogP contribution in [0.25, 0.3) is 0 Å². The van der Waals surface area contributed by atoms with Crippen molar-refractivity contribution >= 4 is 34.6 Å². The molecule has 0 bridgehead atoms. The van der Waals surface area contributed by atoms with E-state index in [-0.39, 0.29) is 40.7 Å². The SMILES string of the molecule is CCCN(CCC)CCC/C(=N\NC1=Nc2ccc([N+](=O)[O-])cc2C(c2c(F)cccc2F)=NC1)C(=O)OC. The number of aliphatic imine (C=N–C) groups is 2. The van der Waals surface area contributed by atoms with Gasteiger partial charge < -0.3 is 9.64 Å². The first kappa shape index (κ1) is 29.5. The lowest BCUT2D eigenvalue weighted by atomic mass is 9.99. The zero-order valence-corrected chi connectivity index (χ0v) is 22.2. The highest BCUT2D eigenvalue weighted by molar-refractivity contribution is 6.36. The lowest BCUT2D eigenvalue weighted by Gasteiger charge is -2.20. The molecule has 0 spiro atoms. The summed E-state index contributed by atoms with van der Waals surface area (Å²) < 4.78 is 34.3. The molecule has 0 radical (unpaired) electrons. The van der Waals surface area contributed by atoms with Crippen molar-refractivity contribution in [2.24, 2.45) is 15.1 Å². The van der Waals surface area contributed by atoms with E-state index in [1.54, 1.807) is 0 Å². The molecule has 1 aliphatic heterocycles. The van der Waals surface area contributed by atoms with Crippen LogP contribution in [0.15, 0.2) is 51.5 Å². The van der Waals surface area contributed by atoms with Crippen LogP contribution >= 0.6 is 0 Å².